The molecule has 0 spiro atoms. The normalized spacial score (nSPS) is 23.0. The van der Waals surface area contributed by atoms with E-state index in [-0.39, 0.29) is 17.8 Å². The van der Waals surface area contributed by atoms with Crippen LogP contribution in [-0.4, -0.2) is 38.4 Å². The monoisotopic (exact) mass is 336 g/mol. The molecule has 2 aliphatic heterocycles. The van der Waals surface area contributed by atoms with Crippen molar-refractivity contribution in [2.45, 2.75) is 38.7 Å². The zero-order chi connectivity index (χ0) is 17.0. The lowest BCUT2D eigenvalue weighted by molar-refractivity contribution is -0.129. The molecule has 132 valence electrons. The second-order valence-electron chi connectivity index (χ2n) is 6.84. The maximum atomic E-state index is 14.2. The average Bonchev–Trinajstić information content (AvgIpc) is 3.08. The van der Waals surface area contributed by atoms with Crippen LogP contribution < -0.4 is 10.6 Å². The summed E-state index contributed by atoms with van der Waals surface area (Å²) in [5.74, 6) is -0.451. The van der Waals surface area contributed by atoms with Crippen LogP contribution in [0.1, 0.15) is 32.6 Å². The third-order valence-corrected chi connectivity index (χ3v) is 4.92. The number of benzene rings is 1. The van der Waals surface area contributed by atoms with Crippen molar-refractivity contribution in [3.05, 3.63) is 24.0 Å². The van der Waals surface area contributed by atoms with Crippen LogP contribution in [0.25, 0.3) is 0 Å². The molecule has 2 fully saturated rings. The minimum Gasteiger partial charge on any atom is -0.381 e. The van der Waals surface area contributed by atoms with E-state index < -0.39 is 5.41 Å². The lowest BCUT2D eigenvalue weighted by Gasteiger charge is -2.32. The number of anilines is 2. The maximum Gasteiger partial charge on any atom is 0.230 e. The van der Waals surface area contributed by atoms with Gasteiger partial charge in [0.05, 0.1) is 17.2 Å². The number of rotatable bonds is 5. The number of halogens is 1. The maximum absolute atomic E-state index is 14.2. The zero-order valence-corrected chi connectivity index (χ0v) is 14.1. The van der Waals surface area contributed by atoms with Gasteiger partial charge in [-0.3, -0.25) is 4.79 Å². The van der Waals surface area contributed by atoms with Crippen molar-refractivity contribution in [3.63, 3.8) is 0 Å². The Bertz CT molecular complexity index is 582. The molecule has 1 unspecified atom stereocenters. The molecule has 6 heteroatoms. The fourth-order valence-corrected chi connectivity index (χ4v) is 3.10. The lowest BCUT2D eigenvalue weighted by atomic mass is 9.81. The molecule has 0 bridgehead atoms. The van der Waals surface area contributed by atoms with Gasteiger partial charge >= 0.3 is 0 Å². The molecule has 2 aliphatic rings. The molecule has 5 nitrogen and oxygen atoms in total. The van der Waals surface area contributed by atoms with Gasteiger partial charge in [-0.05, 0) is 43.9 Å². The third kappa shape index (κ3) is 4.05. The quantitative estimate of drug-likeness (QED) is 0.867. The van der Waals surface area contributed by atoms with Crippen molar-refractivity contribution in [1.29, 1.82) is 0 Å². The first-order valence-corrected chi connectivity index (χ1v) is 8.61. The van der Waals surface area contributed by atoms with Crippen molar-refractivity contribution in [3.8, 4) is 0 Å². The van der Waals surface area contributed by atoms with Crippen LogP contribution in [0.15, 0.2) is 18.2 Å². The van der Waals surface area contributed by atoms with Gasteiger partial charge in [-0.2, -0.15) is 0 Å². The van der Waals surface area contributed by atoms with Gasteiger partial charge in [-0.25, -0.2) is 4.39 Å². The molecular weight excluding hydrogens is 311 g/mol. The van der Waals surface area contributed by atoms with E-state index in [0.717, 1.165) is 19.4 Å². The Morgan fingerprint density at radius 2 is 2.12 bits per heavy atom. The summed E-state index contributed by atoms with van der Waals surface area (Å²) >= 11 is 0. The summed E-state index contributed by atoms with van der Waals surface area (Å²) in [6.45, 7) is 4.48. The molecule has 2 heterocycles. The molecule has 1 aromatic rings. The van der Waals surface area contributed by atoms with Crippen LogP contribution in [0.2, 0.25) is 0 Å². The fraction of sp³-hybridized carbons (Fsp3) is 0.611. The smallest absolute Gasteiger partial charge is 0.230 e. The molecule has 0 radical (unpaired) electrons. The van der Waals surface area contributed by atoms with Crippen LogP contribution in [0, 0.1) is 11.2 Å². The van der Waals surface area contributed by atoms with Gasteiger partial charge in [-0.15, -0.1) is 0 Å². The lowest BCUT2D eigenvalue weighted by Crippen LogP contribution is -2.38. The first-order valence-electron chi connectivity index (χ1n) is 8.61. The second kappa shape index (κ2) is 7.49. The number of ether oxygens (including phenoxy) is 2. The molecule has 0 aliphatic carbocycles. The Morgan fingerprint density at radius 3 is 2.79 bits per heavy atom. The molecule has 0 aromatic heterocycles. The Morgan fingerprint density at radius 1 is 1.33 bits per heavy atom. The van der Waals surface area contributed by atoms with E-state index in [9.17, 15) is 9.18 Å². The predicted molar refractivity (Wildman–Crippen MR) is 90.7 cm³/mol. The van der Waals surface area contributed by atoms with E-state index in [2.05, 4.69) is 10.6 Å². The first-order chi connectivity index (χ1) is 11.6. The van der Waals surface area contributed by atoms with E-state index in [1.165, 1.54) is 6.07 Å². The highest BCUT2D eigenvalue weighted by atomic mass is 19.1. The van der Waals surface area contributed by atoms with Crippen LogP contribution in [0.4, 0.5) is 15.8 Å². The van der Waals surface area contributed by atoms with Gasteiger partial charge in [0.15, 0.2) is 0 Å². The molecule has 3 rings (SSSR count). The molecule has 2 N–H and O–H groups in total. The second-order valence-corrected chi connectivity index (χ2v) is 6.84. The van der Waals surface area contributed by atoms with Crippen LogP contribution in [0.5, 0.6) is 0 Å². The highest BCUT2D eigenvalue weighted by Gasteiger charge is 2.35. The minimum absolute atomic E-state index is 0.0785. The van der Waals surface area contributed by atoms with Crippen molar-refractivity contribution < 1.29 is 18.7 Å². The largest absolute Gasteiger partial charge is 0.381 e. The zero-order valence-electron chi connectivity index (χ0n) is 14.1. The number of nitrogens with one attached hydrogen (secondary N) is 2. The Hall–Kier alpha value is -1.66. The molecule has 0 saturated carbocycles. The highest BCUT2D eigenvalue weighted by molar-refractivity contribution is 5.95. The van der Waals surface area contributed by atoms with Crippen LogP contribution in [-0.2, 0) is 14.3 Å². The summed E-state index contributed by atoms with van der Waals surface area (Å²) in [5.41, 5.74) is 0.458. The summed E-state index contributed by atoms with van der Waals surface area (Å²) < 4.78 is 25.1. The van der Waals surface area contributed by atoms with Gasteiger partial charge in [0, 0.05) is 32.1 Å². The Balaban J connectivity index is 1.58. The van der Waals surface area contributed by atoms with Crippen molar-refractivity contribution in [2.75, 3.05) is 37.0 Å². The van der Waals surface area contributed by atoms with E-state index in [0.29, 0.717) is 44.0 Å². The fourth-order valence-electron chi connectivity index (χ4n) is 3.10. The van der Waals surface area contributed by atoms with E-state index in [4.69, 9.17) is 9.47 Å². The SMILES string of the molecule is CC1(C(=O)Nc2ccc(NCC3CCCO3)c(F)c2)CCOCC1. The first kappa shape index (κ1) is 17.2. The summed E-state index contributed by atoms with van der Waals surface area (Å²) in [6.07, 6.45) is 3.58. The van der Waals surface area contributed by atoms with E-state index in [1.807, 2.05) is 6.92 Å². The predicted octanol–water partition coefficient (Wildman–Crippen LogP) is 3.17. The number of hydrogen-bond acceptors (Lipinski definition) is 4. The number of hydrogen-bond donors (Lipinski definition) is 2. The van der Waals surface area contributed by atoms with Crippen molar-refractivity contribution >= 4 is 17.3 Å². The molecule has 2 saturated heterocycles. The third-order valence-electron chi connectivity index (χ3n) is 4.92. The van der Waals surface area contributed by atoms with Crippen molar-refractivity contribution in [2.24, 2.45) is 5.41 Å². The number of amides is 1. The van der Waals surface area contributed by atoms with Crippen LogP contribution in [0.3, 0.4) is 0 Å². The van der Waals surface area contributed by atoms with Gasteiger partial charge in [0.2, 0.25) is 5.91 Å². The summed E-state index contributed by atoms with van der Waals surface area (Å²) in [5, 5.41) is 5.91. The van der Waals surface area contributed by atoms with Crippen LogP contribution >= 0.6 is 0 Å². The summed E-state index contributed by atoms with van der Waals surface area (Å²) in [4.78, 5) is 12.5. The van der Waals surface area contributed by atoms with Gasteiger partial charge in [0.1, 0.15) is 5.82 Å². The van der Waals surface area contributed by atoms with E-state index in [1.54, 1.807) is 12.1 Å². The van der Waals surface area contributed by atoms with Crippen molar-refractivity contribution in [1.82, 2.24) is 0 Å². The average molecular weight is 336 g/mol. The van der Waals surface area contributed by atoms with Gasteiger partial charge < -0.3 is 20.1 Å². The summed E-state index contributed by atoms with van der Waals surface area (Å²) in [6, 6.07) is 4.74. The number of carbonyl (C=O) groups is 1. The molecule has 1 amide bonds. The number of carbonyl (C=O) groups excluding carboxylic acids is 1. The molecule has 24 heavy (non-hydrogen) atoms. The van der Waals surface area contributed by atoms with Gasteiger partial charge in [-0.1, -0.05) is 6.92 Å². The molecule has 1 aromatic carbocycles. The standard InChI is InChI=1S/C18H25FN2O3/c1-18(6-9-23-10-7-18)17(22)21-13-4-5-16(15(19)11-13)20-12-14-3-2-8-24-14/h4-5,11,14,20H,2-3,6-10,12H2,1H3,(H,21,22). The topological polar surface area (TPSA) is 59.6 Å². The summed E-state index contributed by atoms with van der Waals surface area (Å²) in [7, 11) is 0. The molecular formula is C18H25FN2O3. The highest BCUT2D eigenvalue weighted by Crippen LogP contribution is 2.31. The minimum atomic E-state index is -0.453. The Labute approximate surface area is 141 Å². The van der Waals surface area contributed by atoms with E-state index >= 15 is 0 Å². The molecule has 1 atom stereocenters. The van der Waals surface area contributed by atoms with Gasteiger partial charge in [0.25, 0.3) is 0 Å². The Kier molecular flexibility index (Phi) is 5.36.